The summed E-state index contributed by atoms with van der Waals surface area (Å²) >= 11 is 8.30. The SMILES string of the molecule is CS(=O)(=O)c1nc2cc(I)c(Cl)cc2n1Cc1ccccc1. The number of sulfone groups is 1. The molecule has 0 aliphatic rings. The summed E-state index contributed by atoms with van der Waals surface area (Å²) in [6.07, 6.45) is 1.17. The molecule has 0 aliphatic carbocycles. The van der Waals surface area contributed by atoms with E-state index in [-0.39, 0.29) is 5.16 Å². The average molecular weight is 447 g/mol. The van der Waals surface area contributed by atoms with Gasteiger partial charge in [-0.3, -0.25) is 0 Å². The number of halogens is 2. The van der Waals surface area contributed by atoms with Gasteiger partial charge in [0.15, 0.2) is 0 Å². The Hall–Kier alpha value is -1.12. The van der Waals surface area contributed by atoms with Crippen LogP contribution in [0.3, 0.4) is 0 Å². The fraction of sp³-hybridized carbons (Fsp3) is 0.133. The van der Waals surface area contributed by atoms with Gasteiger partial charge < -0.3 is 4.57 Å². The molecule has 0 saturated carbocycles. The molecule has 22 heavy (non-hydrogen) atoms. The Balaban J connectivity index is 2.27. The van der Waals surface area contributed by atoms with Crippen LogP contribution in [-0.4, -0.2) is 24.2 Å². The van der Waals surface area contributed by atoms with Crippen molar-refractivity contribution in [1.29, 1.82) is 0 Å². The summed E-state index contributed by atoms with van der Waals surface area (Å²) in [4.78, 5) is 4.29. The predicted molar refractivity (Wildman–Crippen MR) is 96.1 cm³/mol. The molecule has 0 saturated heterocycles. The highest BCUT2D eigenvalue weighted by Crippen LogP contribution is 2.28. The van der Waals surface area contributed by atoms with Gasteiger partial charge in [-0.05, 0) is 40.3 Å². The summed E-state index contributed by atoms with van der Waals surface area (Å²) < 4.78 is 26.7. The standard InChI is InChI=1S/C15H12ClIN2O2S/c1-22(20,21)15-18-13-8-12(17)11(16)7-14(13)19(15)9-10-5-3-2-4-6-10/h2-8H,9H2,1H3. The normalized spacial score (nSPS) is 12.0. The fourth-order valence-corrected chi connectivity index (χ4v) is 3.74. The first-order valence-corrected chi connectivity index (χ1v) is 9.80. The minimum Gasteiger partial charge on any atom is -0.310 e. The topological polar surface area (TPSA) is 52.0 Å². The first kappa shape index (κ1) is 15.8. The van der Waals surface area contributed by atoms with Crippen molar-refractivity contribution < 1.29 is 8.42 Å². The van der Waals surface area contributed by atoms with Gasteiger partial charge in [0.1, 0.15) is 0 Å². The third kappa shape index (κ3) is 3.00. The van der Waals surface area contributed by atoms with Crippen LogP contribution in [0.5, 0.6) is 0 Å². The van der Waals surface area contributed by atoms with E-state index in [0.29, 0.717) is 17.1 Å². The summed E-state index contributed by atoms with van der Waals surface area (Å²) in [6.45, 7) is 0.427. The van der Waals surface area contributed by atoms with Crippen molar-refractivity contribution in [2.24, 2.45) is 0 Å². The van der Waals surface area contributed by atoms with Crippen LogP contribution in [0.25, 0.3) is 11.0 Å². The Morgan fingerprint density at radius 2 is 1.91 bits per heavy atom. The minimum atomic E-state index is -3.43. The number of nitrogens with zero attached hydrogens (tertiary/aromatic N) is 2. The van der Waals surface area contributed by atoms with E-state index in [1.165, 1.54) is 6.26 Å². The van der Waals surface area contributed by atoms with Crippen LogP contribution in [0.1, 0.15) is 5.56 Å². The second-order valence-electron chi connectivity index (χ2n) is 4.99. The van der Waals surface area contributed by atoms with Crippen molar-refractivity contribution in [3.63, 3.8) is 0 Å². The first-order chi connectivity index (χ1) is 10.4. The third-order valence-electron chi connectivity index (χ3n) is 3.27. The van der Waals surface area contributed by atoms with Crippen molar-refractivity contribution in [1.82, 2.24) is 9.55 Å². The lowest BCUT2D eigenvalue weighted by molar-refractivity contribution is 0.581. The molecule has 1 aromatic heterocycles. The number of hydrogen-bond acceptors (Lipinski definition) is 3. The van der Waals surface area contributed by atoms with E-state index < -0.39 is 9.84 Å². The Labute approximate surface area is 147 Å². The highest BCUT2D eigenvalue weighted by molar-refractivity contribution is 14.1. The summed E-state index contributed by atoms with van der Waals surface area (Å²) in [6, 6.07) is 13.2. The monoisotopic (exact) mass is 446 g/mol. The molecular formula is C15H12ClIN2O2S. The molecule has 0 N–H and O–H groups in total. The number of rotatable bonds is 3. The van der Waals surface area contributed by atoms with E-state index >= 15 is 0 Å². The molecule has 0 amide bonds. The van der Waals surface area contributed by atoms with Gasteiger partial charge >= 0.3 is 0 Å². The van der Waals surface area contributed by atoms with E-state index in [4.69, 9.17) is 11.6 Å². The number of aromatic nitrogens is 2. The Morgan fingerprint density at radius 1 is 1.23 bits per heavy atom. The Bertz CT molecular complexity index is 953. The zero-order chi connectivity index (χ0) is 15.9. The lowest BCUT2D eigenvalue weighted by Crippen LogP contribution is -2.10. The number of benzene rings is 2. The Kier molecular flexibility index (Phi) is 4.17. The van der Waals surface area contributed by atoms with Crippen LogP contribution in [0.4, 0.5) is 0 Å². The van der Waals surface area contributed by atoms with Crippen molar-refractivity contribution in [3.05, 3.63) is 56.6 Å². The molecule has 7 heteroatoms. The van der Waals surface area contributed by atoms with Crippen LogP contribution in [0, 0.1) is 3.57 Å². The quantitative estimate of drug-likeness (QED) is 0.576. The molecule has 0 aliphatic heterocycles. The van der Waals surface area contributed by atoms with E-state index in [2.05, 4.69) is 27.6 Å². The van der Waals surface area contributed by atoms with Gasteiger partial charge in [-0.2, -0.15) is 0 Å². The van der Waals surface area contributed by atoms with E-state index in [1.807, 2.05) is 30.3 Å². The molecule has 0 radical (unpaired) electrons. The smallest absolute Gasteiger partial charge is 0.228 e. The van der Waals surface area contributed by atoms with Crippen molar-refractivity contribution in [2.75, 3.05) is 6.26 Å². The molecule has 0 unspecified atom stereocenters. The summed E-state index contributed by atoms with van der Waals surface area (Å²) in [5, 5.41) is 0.645. The van der Waals surface area contributed by atoms with E-state index in [0.717, 1.165) is 14.7 Å². The molecule has 3 aromatic rings. The first-order valence-electron chi connectivity index (χ1n) is 6.45. The summed E-state index contributed by atoms with van der Waals surface area (Å²) in [7, 11) is -3.43. The minimum absolute atomic E-state index is 0.0596. The van der Waals surface area contributed by atoms with Gasteiger partial charge in [0.2, 0.25) is 15.0 Å². The molecule has 0 spiro atoms. The molecule has 2 aromatic carbocycles. The highest BCUT2D eigenvalue weighted by atomic mass is 127. The third-order valence-corrected chi connectivity index (χ3v) is 5.77. The molecular weight excluding hydrogens is 435 g/mol. The maximum Gasteiger partial charge on any atom is 0.228 e. The lowest BCUT2D eigenvalue weighted by Gasteiger charge is -2.08. The lowest BCUT2D eigenvalue weighted by atomic mass is 10.2. The van der Waals surface area contributed by atoms with Crippen molar-refractivity contribution in [2.45, 2.75) is 11.7 Å². The molecule has 114 valence electrons. The number of fused-ring (bicyclic) bond motifs is 1. The van der Waals surface area contributed by atoms with Gasteiger partial charge in [0, 0.05) is 9.83 Å². The van der Waals surface area contributed by atoms with Crippen LogP contribution in [0.15, 0.2) is 47.6 Å². The molecule has 0 fully saturated rings. The van der Waals surface area contributed by atoms with Crippen LogP contribution in [0.2, 0.25) is 5.02 Å². The van der Waals surface area contributed by atoms with Crippen LogP contribution >= 0.6 is 34.2 Å². The van der Waals surface area contributed by atoms with Gasteiger partial charge in [-0.25, -0.2) is 13.4 Å². The van der Waals surface area contributed by atoms with Gasteiger partial charge in [0.05, 0.1) is 22.6 Å². The van der Waals surface area contributed by atoms with Crippen molar-refractivity contribution >= 4 is 55.1 Å². The van der Waals surface area contributed by atoms with Crippen molar-refractivity contribution in [3.8, 4) is 0 Å². The zero-order valence-electron chi connectivity index (χ0n) is 11.6. The molecule has 1 heterocycles. The molecule has 0 bridgehead atoms. The largest absolute Gasteiger partial charge is 0.310 e. The second-order valence-corrected chi connectivity index (χ2v) is 8.47. The fourth-order valence-electron chi connectivity index (χ4n) is 2.30. The maximum absolute atomic E-state index is 12.1. The van der Waals surface area contributed by atoms with Crippen LogP contribution < -0.4 is 0 Å². The highest BCUT2D eigenvalue weighted by Gasteiger charge is 2.20. The van der Waals surface area contributed by atoms with Gasteiger partial charge in [-0.1, -0.05) is 41.9 Å². The molecule has 3 rings (SSSR count). The summed E-state index contributed by atoms with van der Waals surface area (Å²) in [5.74, 6) is 0. The van der Waals surface area contributed by atoms with Gasteiger partial charge in [0.25, 0.3) is 0 Å². The second kappa shape index (κ2) is 5.82. The number of imidazole rings is 1. The maximum atomic E-state index is 12.1. The summed E-state index contributed by atoms with van der Waals surface area (Å²) in [5.41, 5.74) is 2.35. The van der Waals surface area contributed by atoms with E-state index in [9.17, 15) is 8.42 Å². The van der Waals surface area contributed by atoms with Gasteiger partial charge in [-0.15, -0.1) is 0 Å². The number of hydrogen-bond donors (Lipinski definition) is 0. The average Bonchev–Trinajstić information content (AvgIpc) is 2.79. The zero-order valence-corrected chi connectivity index (χ0v) is 15.4. The Morgan fingerprint density at radius 3 is 2.55 bits per heavy atom. The van der Waals surface area contributed by atoms with E-state index in [1.54, 1.807) is 16.7 Å². The van der Waals surface area contributed by atoms with Crippen LogP contribution in [-0.2, 0) is 16.4 Å². The molecule has 0 atom stereocenters. The molecule has 4 nitrogen and oxygen atoms in total. The predicted octanol–water partition coefficient (Wildman–Crippen LogP) is 3.75.